The van der Waals surface area contributed by atoms with E-state index in [4.69, 9.17) is 10.9 Å². The van der Waals surface area contributed by atoms with E-state index in [1.54, 1.807) is 4.90 Å². The van der Waals surface area contributed by atoms with Crippen molar-refractivity contribution < 1.29 is 19.8 Å². The second-order valence-electron chi connectivity index (χ2n) is 4.19. The van der Waals surface area contributed by atoms with Crippen LogP contribution in [0.15, 0.2) is 23.4 Å². The molecule has 1 aromatic carbocycles. The summed E-state index contributed by atoms with van der Waals surface area (Å²) in [5, 5.41) is 30.5. The van der Waals surface area contributed by atoms with Crippen LogP contribution in [0.4, 0.5) is 10.1 Å². The van der Waals surface area contributed by atoms with E-state index >= 15 is 0 Å². The first-order chi connectivity index (χ1) is 8.52. The van der Waals surface area contributed by atoms with Crippen molar-refractivity contribution in [3.8, 4) is 0 Å². The van der Waals surface area contributed by atoms with Gasteiger partial charge in [0.1, 0.15) is 5.82 Å². The Balaban J connectivity index is 2.39. The molecule has 0 bridgehead atoms. The second kappa shape index (κ2) is 4.79. The summed E-state index contributed by atoms with van der Waals surface area (Å²) in [6.07, 6.45) is -1.73. The topological polar surface area (TPSA) is 102 Å². The fraction of sp³-hybridized carbons (Fsp3) is 0.364. The molecule has 98 valence electrons. The van der Waals surface area contributed by atoms with Crippen LogP contribution in [0.3, 0.4) is 0 Å². The Morgan fingerprint density at radius 3 is 2.50 bits per heavy atom. The van der Waals surface area contributed by atoms with E-state index in [1.807, 2.05) is 0 Å². The number of oxime groups is 1. The number of aliphatic hydroxyl groups excluding tert-OH is 2. The van der Waals surface area contributed by atoms with Gasteiger partial charge in [-0.15, -0.1) is 0 Å². The van der Waals surface area contributed by atoms with E-state index in [2.05, 4.69) is 5.16 Å². The minimum Gasteiger partial charge on any atom is -0.409 e. The summed E-state index contributed by atoms with van der Waals surface area (Å²) < 4.78 is 13.2. The van der Waals surface area contributed by atoms with Crippen molar-refractivity contribution in [2.45, 2.75) is 12.2 Å². The Morgan fingerprint density at radius 1 is 1.33 bits per heavy atom. The Labute approximate surface area is 103 Å². The second-order valence-corrected chi connectivity index (χ2v) is 4.19. The molecule has 1 heterocycles. The van der Waals surface area contributed by atoms with Gasteiger partial charge in [-0.2, -0.15) is 0 Å². The molecule has 1 aliphatic rings. The summed E-state index contributed by atoms with van der Waals surface area (Å²) >= 11 is 0. The van der Waals surface area contributed by atoms with Crippen LogP contribution in [0, 0.1) is 5.82 Å². The number of anilines is 1. The average molecular weight is 255 g/mol. The molecule has 1 saturated heterocycles. The molecule has 1 aliphatic heterocycles. The first-order valence-electron chi connectivity index (χ1n) is 5.41. The maximum absolute atomic E-state index is 13.2. The van der Waals surface area contributed by atoms with Gasteiger partial charge in [0.05, 0.1) is 12.2 Å². The molecule has 6 nitrogen and oxygen atoms in total. The van der Waals surface area contributed by atoms with Gasteiger partial charge in [0.2, 0.25) is 0 Å². The molecule has 5 N–H and O–H groups in total. The van der Waals surface area contributed by atoms with Crippen LogP contribution in [0.2, 0.25) is 0 Å². The smallest absolute Gasteiger partial charge is 0.172 e. The summed E-state index contributed by atoms with van der Waals surface area (Å²) in [7, 11) is 0. The summed E-state index contributed by atoms with van der Waals surface area (Å²) in [6, 6.07) is 3.84. The first kappa shape index (κ1) is 12.6. The zero-order valence-electron chi connectivity index (χ0n) is 9.49. The normalized spacial score (nSPS) is 24.6. The van der Waals surface area contributed by atoms with Crippen molar-refractivity contribution >= 4 is 11.5 Å². The lowest BCUT2D eigenvalue weighted by atomic mass is 10.1. The molecular formula is C11H14FN3O3. The van der Waals surface area contributed by atoms with Crippen molar-refractivity contribution in [2.24, 2.45) is 10.9 Å². The van der Waals surface area contributed by atoms with Gasteiger partial charge < -0.3 is 26.1 Å². The molecule has 2 unspecified atom stereocenters. The van der Waals surface area contributed by atoms with E-state index < -0.39 is 18.0 Å². The van der Waals surface area contributed by atoms with Gasteiger partial charge in [-0.3, -0.25) is 0 Å². The highest BCUT2D eigenvalue weighted by atomic mass is 19.1. The molecule has 0 amide bonds. The van der Waals surface area contributed by atoms with E-state index in [-0.39, 0.29) is 24.5 Å². The van der Waals surface area contributed by atoms with Crippen molar-refractivity contribution in [1.82, 2.24) is 0 Å². The lowest BCUT2D eigenvalue weighted by molar-refractivity contribution is 0.0572. The Hall–Kier alpha value is -1.86. The minimum absolute atomic E-state index is 0.207. The van der Waals surface area contributed by atoms with E-state index in [1.165, 1.54) is 12.1 Å². The fourth-order valence-corrected chi connectivity index (χ4v) is 2.01. The highest BCUT2D eigenvalue weighted by molar-refractivity contribution is 6.02. The highest BCUT2D eigenvalue weighted by Crippen LogP contribution is 2.25. The minimum atomic E-state index is -0.866. The first-order valence-corrected chi connectivity index (χ1v) is 5.41. The van der Waals surface area contributed by atoms with E-state index in [0.717, 1.165) is 6.07 Å². The van der Waals surface area contributed by atoms with E-state index in [9.17, 15) is 14.6 Å². The van der Waals surface area contributed by atoms with Crippen LogP contribution in [0.5, 0.6) is 0 Å². The van der Waals surface area contributed by atoms with Crippen LogP contribution in [-0.4, -0.2) is 46.6 Å². The third-order valence-corrected chi connectivity index (χ3v) is 2.94. The van der Waals surface area contributed by atoms with Crippen molar-refractivity contribution in [2.75, 3.05) is 18.0 Å². The zero-order valence-corrected chi connectivity index (χ0v) is 9.49. The van der Waals surface area contributed by atoms with Gasteiger partial charge in [0.15, 0.2) is 5.84 Å². The van der Waals surface area contributed by atoms with Gasteiger partial charge in [-0.05, 0) is 18.2 Å². The maximum Gasteiger partial charge on any atom is 0.172 e. The molecule has 18 heavy (non-hydrogen) atoms. The average Bonchev–Trinajstić information content (AvgIpc) is 2.68. The van der Waals surface area contributed by atoms with Crippen molar-refractivity contribution in [3.63, 3.8) is 0 Å². The molecule has 0 spiro atoms. The zero-order chi connectivity index (χ0) is 13.3. The van der Waals surface area contributed by atoms with Crippen LogP contribution in [0.1, 0.15) is 5.56 Å². The standard InChI is InChI=1S/C11H14FN3O3/c12-6-1-2-8(7(3-6)11(13)14-18)15-4-9(16)10(17)5-15/h1-3,9-10,16-18H,4-5H2,(H2,13,14). The number of nitrogens with two attached hydrogens (primary N) is 1. The number of nitrogens with zero attached hydrogens (tertiary/aromatic N) is 2. The molecule has 1 fully saturated rings. The highest BCUT2D eigenvalue weighted by Gasteiger charge is 2.31. The summed E-state index contributed by atoms with van der Waals surface area (Å²) in [6.45, 7) is 0.414. The molecule has 0 aliphatic carbocycles. The van der Waals surface area contributed by atoms with Crippen LogP contribution < -0.4 is 10.6 Å². The maximum atomic E-state index is 13.2. The molecular weight excluding hydrogens is 241 g/mol. The van der Waals surface area contributed by atoms with Gasteiger partial charge in [0, 0.05) is 24.3 Å². The number of halogens is 1. The number of amidine groups is 1. The van der Waals surface area contributed by atoms with Crippen LogP contribution >= 0.6 is 0 Å². The molecule has 1 aromatic rings. The summed E-state index contributed by atoms with van der Waals surface area (Å²) in [5.41, 5.74) is 6.21. The van der Waals surface area contributed by atoms with E-state index in [0.29, 0.717) is 5.69 Å². The van der Waals surface area contributed by atoms with Gasteiger partial charge in [-0.1, -0.05) is 5.16 Å². The lowest BCUT2D eigenvalue weighted by Gasteiger charge is -2.20. The Kier molecular flexibility index (Phi) is 3.35. The largest absolute Gasteiger partial charge is 0.409 e. The third kappa shape index (κ3) is 2.22. The predicted octanol–water partition coefficient (Wildman–Crippen LogP) is -0.538. The molecule has 2 atom stereocenters. The Morgan fingerprint density at radius 2 is 1.94 bits per heavy atom. The predicted molar refractivity (Wildman–Crippen MR) is 63.1 cm³/mol. The number of hydrogen-bond donors (Lipinski definition) is 4. The van der Waals surface area contributed by atoms with Gasteiger partial charge in [-0.25, -0.2) is 4.39 Å². The summed E-state index contributed by atoms with van der Waals surface area (Å²) in [4.78, 5) is 1.65. The monoisotopic (exact) mass is 255 g/mol. The molecule has 2 rings (SSSR count). The van der Waals surface area contributed by atoms with Crippen LogP contribution in [-0.2, 0) is 0 Å². The van der Waals surface area contributed by atoms with Gasteiger partial charge >= 0.3 is 0 Å². The number of rotatable bonds is 2. The molecule has 0 radical (unpaired) electrons. The quantitative estimate of drug-likeness (QED) is 0.246. The summed E-state index contributed by atoms with van der Waals surface area (Å²) in [5.74, 6) is -0.735. The number of hydrogen-bond acceptors (Lipinski definition) is 5. The SMILES string of the molecule is N/C(=N/O)c1cc(F)ccc1N1CC(O)C(O)C1. The third-order valence-electron chi connectivity index (χ3n) is 2.94. The number of β-amino-alcohol motifs (C(OH)–C–C–N with tert-alkyl or cyclic N) is 2. The Bertz CT molecular complexity index is 471. The van der Waals surface area contributed by atoms with Crippen molar-refractivity contribution in [1.29, 1.82) is 0 Å². The number of benzene rings is 1. The van der Waals surface area contributed by atoms with Crippen molar-refractivity contribution in [3.05, 3.63) is 29.6 Å². The molecule has 0 saturated carbocycles. The fourth-order valence-electron chi connectivity index (χ4n) is 2.01. The number of aliphatic hydroxyl groups is 2. The molecule has 0 aromatic heterocycles. The lowest BCUT2D eigenvalue weighted by Crippen LogP contribution is -2.25. The van der Waals surface area contributed by atoms with Crippen LogP contribution in [0.25, 0.3) is 0 Å². The molecule has 7 heteroatoms. The van der Waals surface area contributed by atoms with Gasteiger partial charge in [0.25, 0.3) is 0 Å².